The molecule has 0 radical (unpaired) electrons. The standard InChI is InChI=1S/C32H27F2NO3S.Na.H/c1-32(2,37)26-16-22(11-14-30(26)39-19-38-31(36)15-20-7-8-20)25-6-4-3-5-21(25)9-12-24-13-10-23-17-27(33)28(34)18-29(23)35-24;;/h3-6,10-11,13-14,16-18,20,37H,7-8,15,19H2,1-2H3;;/q;+1;-1. The number of halogens is 2. The molecule has 0 atom stereocenters. The number of aromatic nitrogens is 1. The summed E-state index contributed by atoms with van der Waals surface area (Å²) in [5.74, 6) is 4.79. The molecule has 40 heavy (non-hydrogen) atoms. The largest absolute Gasteiger partial charge is 1.00 e. The summed E-state index contributed by atoms with van der Waals surface area (Å²) in [6.45, 7) is 3.45. The molecule has 1 N–H and O–H groups in total. The third-order valence-electron chi connectivity index (χ3n) is 6.52. The van der Waals surface area contributed by atoms with Crippen LogP contribution in [0.3, 0.4) is 0 Å². The predicted octanol–water partition coefficient (Wildman–Crippen LogP) is 4.32. The van der Waals surface area contributed by atoms with Crippen LogP contribution in [0.1, 0.15) is 51.4 Å². The van der Waals surface area contributed by atoms with Crippen LogP contribution in [0.15, 0.2) is 71.6 Å². The van der Waals surface area contributed by atoms with Gasteiger partial charge in [-0.05, 0) is 91.6 Å². The first kappa shape index (κ1) is 30.2. The molecule has 1 aliphatic rings. The maximum absolute atomic E-state index is 13.7. The molecule has 3 aromatic carbocycles. The van der Waals surface area contributed by atoms with E-state index in [9.17, 15) is 18.7 Å². The Hall–Kier alpha value is -2.73. The van der Waals surface area contributed by atoms with Crippen molar-refractivity contribution >= 4 is 28.6 Å². The molecule has 1 fully saturated rings. The van der Waals surface area contributed by atoms with Gasteiger partial charge in [0, 0.05) is 28.3 Å². The van der Waals surface area contributed by atoms with E-state index in [2.05, 4.69) is 16.8 Å². The molecule has 5 rings (SSSR count). The van der Waals surface area contributed by atoms with Gasteiger partial charge in [-0.3, -0.25) is 4.79 Å². The number of aliphatic hydroxyl groups is 1. The minimum Gasteiger partial charge on any atom is -1.00 e. The van der Waals surface area contributed by atoms with Gasteiger partial charge in [-0.2, -0.15) is 0 Å². The molecule has 200 valence electrons. The van der Waals surface area contributed by atoms with Gasteiger partial charge in [0.05, 0.1) is 11.1 Å². The number of hydrogen-bond donors (Lipinski definition) is 1. The van der Waals surface area contributed by atoms with Crippen LogP contribution in [-0.2, 0) is 15.1 Å². The second kappa shape index (κ2) is 12.8. The van der Waals surface area contributed by atoms with Crippen molar-refractivity contribution < 1.29 is 54.4 Å². The fourth-order valence-corrected chi connectivity index (χ4v) is 5.19. The van der Waals surface area contributed by atoms with E-state index in [1.54, 1.807) is 26.0 Å². The van der Waals surface area contributed by atoms with Gasteiger partial charge in [0.15, 0.2) is 11.6 Å². The molecule has 1 aromatic heterocycles. The summed E-state index contributed by atoms with van der Waals surface area (Å²) in [6.07, 6.45) is 2.66. The number of ether oxygens (including phenoxy) is 1. The smallest absolute Gasteiger partial charge is 1.00 e. The molecule has 4 aromatic rings. The number of fused-ring (bicyclic) bond motifs is 1. The van der Waals surface area contributed by atoms with Gasteiger partial charge in [-0.25, -0.2) is 13.8 Å². The second-order valence-electron chi connectivity index (χ2n) is 10.1. The van der Waals surface area contributed by atoms with Crippen molar-refractivity contribution in [1.29, 1.82) is 0 Å². The Labute approximate surface area is 260 Å². The molecule has 0 saturated heterocycles. The van der Waals surface area contributed by atoms with E-state index < -0.39 is 17.2 Å². The Bertz CT molecular complexity index is 1630. The van der Waals surface area contributed by atoms with Gasteiger partial charge in [0.2, 0.25) is 0 Å². The fraction of sp³-hybridized carbons (Fsp3) is 0.250. The van der Waals surface area contributed by atoms with Crippen molar-refractivity contribution in [2.75, 3.05) is 5.94 Å². The normalized spacial score (nSPS) is 12.8. The van der Waals surface area contributed by atoms with Crippen LogP contribution in [0.25, 0.3) is 22.0 Å². The second-order valence-corrected chi connectivity index (χ2v) is 11.1. The van der Waals surface area contributed by atoms with E-state index in [0.717, 1.165) is 52.1 Å². The van der Waals surface area contributed by atoms with Gasteiger partial charge < -0.3 is 11.3 Å². The molecule has 1 saturated carbocycles. The number of rotatable bonds is 7. The number of nitrogens with zero attached hydrogens (tertiary/aromatic N) is 1. The quantitative estimate of drug-likeness (QED) is 0.119. The number of carbonyl (C=O) groups excluding carboxylic acids is 1. The Kier molecular flexibility index (Phi) is 9.71. The van der Waals surface area contributed by atoms with Crippen molar-refractivity contribution in [1.82, 2.24) is 4.98 Å². The number of benzene rings is 3. The fourth-order valence-electron chi connectivity index (χ4n) is 4.24. The minimum atomic E-state index is -1.12. The average molecular weight is 568 g/mol. The molecule has 4 nitrogen and oxygen atoms in total. The molecular weight excluding hydrogens is 539 g/mol. The Morgan fingerprint density at radius 1 is 1.07 bits per heavy atom. The molecule has 0 spiro atoms. The van der Waals surface area contributed by atoms with Gasteiger partial charge in [0.1, 0.15) is 11.6 Å². The molecule has 0 aliphatic heterocycles. The topological polar surface area (TPSA) is 59.4 Å². The molecule has 1 heterocycles. The Morgan fingerprint density at radius 2 is 1.82 bits per heavy atom. The third kappa shape index (κ3) is 7.51. The van der Waals surface area contributed by atoms with E-state index in [0.29, 0.717) is 28.9 Å². The predicted molar refractivity (Wildman–Crippen MR) is 150 cm³/mol. The van der Waals surface area contributed by atoms with Crippen molar-refractivity contribution in [3.8, 4) is 23.0 Å². The van der Waals surface area contributed by atoms with Gasteiger partial charge in [-0.1, -0.05) is 41.9 Å². The number of pyridine rings is 1. The number of thioether (sulfide) groups is 1. The van der Waals surface area contributed by atoms with E-state index in [-0.39, 0.29) is 42.9 Å². The number of carbonyl (C=O) groups is 1. The van der Waals surface area contributed by atoms with Crippen molar-refractivity contribution in [2.45, 2.75) is 43.6 Å². The van der Waals surface area contributed by atoms with Gasteiger partial charge in [-0.15, -0.1) is 0 Å². The summed E-state index contributed by atoms with van der Waals surface area (Å²) in [5.41, 5.74) is 2.85. The SMILES string of the molecule is CC(C)(O)c1cc(-c2ccccc2C#Cc2ccc3cc(F)c(F)cc3n2)ccc1SCOC(=O)CC1CC1.[H-].[Na+]. The third-order valence-corrected chi connectivity index (χ3v) is 7.42. The van der Waals surface area contributed by atoms with Crippen LogP contribution in [0.5, 0.6) is 0 Å². The molecule has 0 amide bonds. The van der Waals surface area contributed by atoms with Crippen molar-refractivity contribution in [3.05, 3.63) is 95.2 Å². The first-order valence-corrected chi connectivity index (χ1v) is 13.7. The van der Waals surface area contributed by atoms with Crippen LogP contribution in [0.2, 0.25) is 0 Å². The van der Waals surface area contributed by atoms with Crippen molar-refractivity contribution in [3.63, 3.8) is 0 Å². The molecule has 1 aliphatic carbocycles. The summed E-state index contributed by atoms with van der Waals surface area (Å²) in [5, 5.41) is 11.4. The Morgan fingerprint density at radius 3 is 2.58 bits per heavy atom. The van der Waals surface area contributed by atoms with E-state index in [4.69, 9.17) is 4.74 Å². The summed E-state index contributed by atoms with van der Waals surface area (Å²) < 4.78 is 32.6. The first-order valence-electron chi connectivity index (χ1n) is 12.7. The molecule has 0 bridgehead atoms. The van der Waals surface area contributed by atoms with Crippen molar-refractivity contribution in [2.24, 2.45) is 5.92 Å². The molecular formula is C32H28F2NNaO3S. The van der Waals surface area contributed by atoms with Crippen LogP contribution < -0.4 is 29.6 Å². The summed E-state index contributed by atoms with van der Waals surface area (Å²) in [6, 6.07) is 19.0. The zero-order valence-corrected chi connectivity index (χ0v) is 25.4. The van der Waals surface area contributed by atoms with Crippen LogP contribution >= 0.6 is 11.8 Å². The van der Waals surface area contributed by atoms with Crippen LogP contribution in [0.4, 0.5) is 8.78 Å². The average Bonchev–Trinajstić information content (AvgIpc) is 3.72. The Balaban J connectivity index is 0.00000231. The van der Waals surface area contributed by atoms with Gasteiger partial charge in [0.25, 0.3) is 0 Å². The molecule has 0 unspecified atom stereocenters. The zero-order valence-electron chi connectivity index (χ0n) is 23.6. The number of esters is 1. The maximum Gasteiger partial charge on any atom is 1.00 e. The summed E-state index contributed by atoms with van der Waals surface area (Å²) in [7, 11) is 0. The first-order chi connectivity index (χ1) is 18.7. The van der Waals surface area contributed by atoms with Crippen LogP contribution in [-0.4, -0.2) is 22.0 Å². The zero-order chi connectivity index (χ0) is 27.6. The maximum atomic E-state index is 13.7. The van der Waals surface area contributed by atoms with Gasteiger partial charge >= 0.3 is 35.5 Å². The van der Waals surface area contributed by atoms with Crippen LogP contribution in [0, 0.1) is 29.4 Å². The molecule has 8 heteroatoms. The summed E-state index contributed by atoms with van der Waals surface area (Å²) in [4.78, 5) is 17.2. The minimum absolute atomic E-state index is 0. The van der Waals surface area contributed by atoms with E-state index >= 15 is 0 Å². The number of hydrogen-bond acceptors (Lipinski definition) is 5. The monoisotopic (exact) mass is 567 g/mol. The summed E-state index contributed by atoms with van der Waals surface area (Å²) >= 11 is 1.38. The van der Waals surface area contributed by atoms with E-state index in [1.165, 1.54) is 11.8 Å². The van der Waals surface area contributed by atoms with E-state index in [1.807, 2.05) is 42.5 Å².